The van der Waals surface area contributed by atoms with Gasteiger partial charge in [-0.2, -0.15) is 4.31 Å². The van der Waals surface area contributed by atoms with Crippen LogP contribution in [0.25, 0.3) is 0 Å². The van der Waals surface area contributed by atoms with Gasteiger partial charge in [-0.3, -0.25) is 4.79 Å². The molecule has 1 amide bonds. The van der Waals surface area contributed by atoms with E-state index in [1.54, 1.807) is 12.1 Å². The van der Waals surface area contributed by atoms with Crippen LogP contribution in [-0.4, -0.2) is 31.7 Å². The molecule has 2 aromatic rings. The van der Waals surface area contributed by atoms with Crippen molar-refractivity contribution < 1.29 is 13.2 Å². The summed E-state index contributed by atoms with van der Waals surface area (Å²) in [5, 5.41) is 3.69. The normalized spacial score (nSPS) is 20.4. The summed E-state index contributed by atoms with van der Waals surface area (Å²) in [5.74, 6) is -0.414. The van der Waals surface area contributed by atoms with E-state index in [0.717, 1.165) is 24.8 Å². The quantitative estimate of drug-likeness (QED) is 0.648. The number of fused-ring (bicyclic) bond motifs is 1. The molecule has 5 nitrogen and oxygen atoms in total. The van der Waals surface area contributed by atoms with Gasteiger partial charge in [-0.05, 0) is 85.9 Å². The van der Waals surface area contributed by atoms with Crippen LogP contribution in [0.4, 0.5) is 0 Å². The second-order valence-corrected chi connectivity index (χ2v) is 11.2. The summed E-state index contributed by atoms with van der Waals surface area (Å²) in [6, 6.07) is 12.7. The summed E-state index contributed by atoms with van der Waals surface area (Å²) in [7, 11) is -3.65. The van der Waals surface area contributed by atoms with Gasteiger partial charge in [0.1, 0.15) is 0 Å². The van der Waals surface area contributed by atoms with Crippen molar-refractivity contribution in [2.24, 2.45) is 5.92 Å². The van der Waals surface area contributed by atoms with Crippen LogP contribution >= 0.6 is 11.6 Å². The van der Waals surface area contributed by atoms with Gasteiger partial charge in [-0.1, -0.05) is 36.7 Å². The third-order valence-electron chi connectivity index (χ3n) is 6.71. The Balaban J connectivity index is 1.45. The van der Waals surface area contributed by atoms with Gasteiger partial charge in [0, 0.05) is 18.1 Å². The summed E-state index contributed by atoms with van der Waals surface area (Å²) in [6.07, 6.45) is 6.87. The highest BCUT2D eigenvalue weighted by Crippen LogP contribution is 2.28. The Morgan fingerprint density at radius 2 is 1.81 bits per heavy atom. The van der Waals surface area contributed by atoms with E-state index in [1.807, 2.05) is 0 Å². The SMILES string of the molecule is CC[C@@H](NC(=O)[C@@H]1CCCN(S(=O)(=O)c2ccc(Cl)cc2)C1)c1ccc2c(c1)CCCC2. The molecule has 32 heavy (non-hydrogen) atoms. The number of carbonyl (C=O) groups is 1. The fraction of sp³-hybridized carbons (Fsp3) is 0.480. The van der Waals surface area contributed by atoms with Crippen molar-refractivity contribution in [2.75, 3.05) is 13.1 Å². The van der Waals surface area contributed by atoms with Crippen molar-refractivity contribution in [3.63, 3.8) is 0 Å². The molecular formula is C25H31ClN2O3S. The highest BCUT2D eigenvalue weighted by molar-refractivity contribution is 7.89. The molecule has 0 spiro atoms. The molecule has 2 aromatic carbocycles. The van der Waals surface area contributed by atoms with E-state index in [2.05, 4.69) is 30.4 Å². The van der Waals surface area contributed by atoms with Gasteiger partial charge in [0.05, 0.1) is 16.9 Å². The Labute approximate surface area is 196 Å². The lowest BCUT2D eigenvalue weighted by Crippen LogP contribution is -2.46. The van der Waals surface area contributed by atoms with Crippen molar-refractivity contribution in [3.05, 3.63) is 64.2 Å². The number of piperidine rings is 1. The van der Waals surface area contributed by atoms with E-state index >= 15 is 0 Å². The number of halogens is 1. The largest absolute Gasteiger partial charge is 0.349 e. The van der Waals surface area contributed by atoms with E-state index in [1.165, 1.54) is 40.4 Å². The van der Waals surface area contributed by atoms with Crippen LogP contribution in [-0.2, 0) is 27.7 Å². The molecule has 0 bridgehead atoms. The minimum atomic E-state index is -3.65. The van der Waals surface area contributed by atoms with E-state index < -0.39 is 10.0 Å². The van der Waals surface area contributed by atoms with Crippen molar-refractivity contribution in [2.45, 2.75) is 62.8 Å². The summed E-state index contributed by atoms with van der Waals surface area (Å²) in [5.41, 5.74) is 3.97. The highest BCUT2D eigenvalue weighted by Gasteiger charge is 2.34. The Hall–Kier alpha value is -1.89. The lowest BCUT2D eigenvalue weighted by molar-refractivity contribution is -0.126. The standard InChI is InChI=1S/C25H31ClN2O3S/c1-2-24(20-10-9-18-6-3-4-7-19(18)16-20)27-25(29)21-8-5-15-28(17-21)32(30,31)23-13-11-22(26)12-14-23/h9-14,16,21,24H,2-8,15,17H2,1H3,(H,27,29)/t21-,24-/m1/s1. The maximum absolute atomic E-state index is 13.1. The molecule has 2 atom stereocenters. The van der Waals surface area contributed by atoms with Gasteiger partial charge in [0.25, 0.3) is 0 Å². The number of nitrogens with one attached hydrogen (secondary N) is 1. The third-order valence-corrected chi connectivity index (χ3v) is 8.84. The van der Waals surface area contributed by atoms with Crippen LogP contribution in [0.3, 0.4) is 0 Å². The number of benzene rings is 2. The number of carbonyl (C=O) groups excluding carboxylic acids is 1. The predicted molar refractivity (Wildman–Crippen MR) is 127 cm³/mol. The first-order valence-corrected chi connectivity index (χ1v) is 13.4. The van der Waals surface area contributed by atoms with Crippen molar-refractivity contribution in [1.82, 2.24) is 9.62 Å². The summed E-state index contributed by atoms with van der Waals surface area (Å²) in [4.78, 5) is 13.3. The van der Waals surface area contributed by atoms with Gasteiger partial charge in [0.2, 0.25) is 15.9 Å². The first-order valence-electron chi connectivity index (χ1n) is 11.6. The molecule has 1 aliphatic carbocycles. The Kier molecular flexibility index (Phi) is 7.23. The molecule has 0 aromatic heterocycles. The Bertz CT molecular complexity index is 1070. The van der Waals surface area contributed by atoms with Crippen LogP contribution in [0.1, 0.15) is 61.8 Å². The van der Waals surface area contributed by atoms with Gasteiger partial charge in [0.15, 0.2) is 0 Å². The lowest BCUT2D eigenvalue weighted by atomic mass is 9.88. The van der Waals surface area contributed by atoms with Crippen LogP contribution in [0, 0.1) is 5.92 Å². The summed E-state index contributed by atoms with van der Waals surface area (Å²) < 4.78 is 27.5. The molecule has 1 N–H and O–H groups in total. The number of sulfonamides is 1. The van der Waals surface area contributed by atoms with Crippen LogP contribution in [0.15, 0.2) is 47.4 Å². The average Bonchev–Trinajstić information content (AvgIpc) is 2.82. The summed E-state index contributed by atoms with van der Waals surface area (Å²) in [6.45, 7) is 2.71. The Morgan fingerprint density at radius 3 is 2.53 bits per heavy atom. The van der Waals surface area contributed by atoms with Gasteiger partial charge >= 0.3 is 0 Å². The molecule has 4 rings (SSSR count). The van der Waals surface area contributed by atoms with Crippen molar-refractivity contribution in [1.29, 1.82) is 0 Å². The zero-order valence-electron chi connectivity index (χ0n) is 18.5. The van der Waals surface area contributed by atoms with E-state index in [4.69, 9.17) is 11.6 Å². The Morgan fingerprint density at radius 1 is 1.09 bits per heavy atom. The van der Waals surface area contributed by atoms with E-state index in [-0.39, 0.29) is 29.3 Å². The molecule has 1 aliphatic heterocycles. The second kappa shape index (κ2) is 9.94. The first kappa shape index (κ1) is 23.3. The monoisotopic (exact) mass is 474 g/mol. The van der Waals surface area contributed by atoms with Crippen molar-refractivity contribution >= 4 is 27.5 Å². The molecular weight excluding hydrogens is 444 g/mol. The molecule has 0 saturated carbocycles. The van der Waals surface area contributed by atoms with Gasteiger partial charge in [-0.25, -0.2) is 8.42 Å². The third kappa shape index (κ3) is 5.03. The predicted octanol–water partition coefficient (Wildman–Crippen LogP) is 4.89. The van der Waals surface area contributed by atoms with Crippen LogP contribution in [0.2, 0.25) is 5.02 Å². The van der Waals surface area contributed by atoms with E-state index in [0.29, 0.717) is 24.4 Å². The minimum Gasteiger partial charge on any atom is -0.349 e. The molecule has 1 fully saturated rings. The molecule has 1 saturated heterocycles. The number of aryl methyl sites for hydroxylation is 2. The number of hydrogen-bond donors (Lipinski definition) is 1. The highest BCUT2D eigenvalue weighted by atomic mass is 35.5. The zero-order valence-corrected chi connectivity index (χ0v) is 20.1. The number of amides is 1. The fourth-order valence-corrected chi connectivity index (χ4v) is 6.46. The van der Waals surface area contributed by atoms with Crippen molar-refractivity contribution in [3.8, 4) is 0 Å². The molecule has 0 unspecified atom stereocenters. The van der Waals surface area contributed by atoms with Gasteiger partial charge < -0.3 is 5.32 Å². The lowest BCUT2D eigenvalue weighted by Gasteiger charge is -2.32. The maximum Gasteiger partial charge on any atom is 0.243 e. The number of hydrogen-bond acceptors (Lipinski definition) is 3. The first-order chi connectivity index (χ1) is 15.4. The topological polar surface area (TPSA) is 66.5 Å². The summed E-state index contributed by atoms with van der Waals surface area (Å²) >= 11 is 5.90. The molecule has 0 radical (unpaired) electrons. The van der Waals surface area contributed by atoms with Crippen LogP contribution in [0.5, 0.6) is 0 Å². The molecule has 1 heterocycles. The smallest absolute Gasteiger partial charge is 0.243 e. The number of nitrogens with zero attached hydrogens (tertiary/aromatic N) is 1. The minimum absolute atomic E-state index is 0.0574. The van der Waals surface area contributed by atoms with Gasteiger partial charge in [-0.15, -0.1) is 0 Å². The fourth-order valence-electron chi connectivity index (χ4n) is 4.81. The zero-order chi connectivity index (χ0) is 22.7. The number of rotatable bonds is 6. The average molecular weight is 475 g/mol. The van der Waals surface area contributed by atoms with E-state index in [9.17, 15) is 13.2 Å². The maximum atomic E-state index is 13.1. The second-order valence-electron chi connectivity index (χ2n) is 8.86. The molecule has 7 heteroatoms. The molecule has 172 valence electrons. The molecule has 2 aliphatic rings. The van der Waals surface area contributed by atoms with Crippen LogP contribution < -0.4 is 5.32 Å².